The molecule has 2 aromatic heterocycles. The van der Waals surface area contributed by atoms with Crippen LogP contribution in [0.25, 0.3) is 4.96 Å². The maximum atomic E-state index is 11.7. The first kappa shape index (κ1) is 12.0. The van der Waals surface area contributed by atoms with Crippen LogP contribution in [0.1, 0.15) is 12.8 Å². The Morgan fingerprint density at radius 2 is 2.50 bits per heavy atom. The van der Waals surface area contributed by atoms with Gasteiger partial charge < -0.3 is 4.90 Å². The summed E-state index contributed by atoms with van der Waals surface area (Å²) in [6.45, 7) is 1.03. The summed E-state index contributed by atoms with van der Waals surface area (Å²) in [7, 11) is 0. The average molecular weight is 282 g/mol. The fourth-order valence-electron chi connectivity index (χ4n) is 2.30. The average Bonchev–Trinajstić information content (AvgIpc) is 2.95. The standard InChI is InChI=1S/C11H14N4OS2/c1-17-7-8-3-2-6-14(8)11-13-15-9(16)4-5-12-10(15)18-11/h4-5,8H,2-3,6-7H2,1H3. The Balaban J connectivity index is 1.99. The fourth-order valence-corrected chi connectivity index (χ4v) is 4.01. The minimum absolute atomic E-state index is 0.108. The van der Waals surface area contributed by atoms with Crippen LogP contribution in [0.3, 0.4) is 0 Å². The second-order valence-electron chi connectivity index (χ2n) is 4.31. The molecule has 1 aliphatic rings. The topological polar surface area (TPSA) is 50.5 Å². The lowest BCUT2D eigenvalue weighted by molar-refractivity contribution is 0.733. The maximum absolute atomic E-state index is 11.7. The van der Waals surface area contributed by atoms with Gasteiger partial charge in [0.2, 0.25) is 10.1 Å². The number of aromatic nitrogens is 3. The molecule has 18 heavy (non-hydrogen) atoms. The highest BCUT2D eigenvalue weighted by Crippen LogP contribution is 2.29. The van der Waals surface area contributed by atoms with Crippen LogP contribution in [0.5, 0.6) is 0 Å². The quantitative estimate of drug-likeness (QED) is 0.853. The number of rotatable bonds is 3. The Kier molecular flexibility index (Phi) is 3.25. The summed E-state index contributed by atoms with van der Waals surface area (Å²) in [6.07, 6.45) is 6.08. The smallest absolute Gasteiger partial charge is 0.275 e. The van der Waals surface area contributed by atoms with Crippen molar-refractivity contribution < 1.29 is 0 Å². The number of hydrogen-bond acceptors (Lipinski definition) is 6. The van der Waals surface area contributed by atoms with Crippen LogP contribution in [0, 0.1) is 0 Å². The number of anilines is 1. The molecule has 7 heteroatoms. The fraction of sp³-hybridized carbons (Fsp3) is 0.545. The Hall–Kier alpha value is -1.08. The summed E-state index contributed by atoms with van der Waals surface area (Å²) in [4.78, 5) is 18.8. The SMILES string of the molecule is CSCC1CCCN1c1nn2c(=O)ccnc2s1. The van der Waals surface area contributed by atoms with Gasteiger partial charge in [-0.3, -0.25) is 4.79 Å². The Bertz CT molecular complexity index is 608. The lowest BCUT2D eigenvalue weighted by Crippen LogP contribution is -2.31. The number of hydrogen-bond donors (Lipinski definition) is 0. The zero-order chi connectivity index (χ0) is 12.5. The van der Waals surface area contributed by atoms with E-state index in [0.717, 1.165) is 17.4 Å². The highest BCUT2D eigenvalue weighted by Gasteiger charge is 2.27. The summed E-state index contributed by atoms with van der Waals surface area (Å²) in [6, 6.07) is 1.98. The van der Waals surface area contributed by atoms with Crippen LogP contribution in [0.15, 0.2) is 17.1 Å². The zero-order valence-electron chi connectivity index (χ0n) is 10.1. The molecule has 1 atom stereocenters. The molecule has 5 nitrogen and oxygen atoms in total. The van der Waals surface area contributed by atoms with Crippen LogP contribution in [0.2, 0.25) is 0 Å². The molecule has 1 aliphatic heterocycles. The van der Waals surface area contributed by atoms with E-state index in [1.165, 1.54) is 34.8 Å². The van der Waals surface area contributed by atoms with E-state index in [-0.39, 0.29) is 5.56 Å². The number of fused-ring (bicyclic) bond motifs is 1. The molecule has 0 saturated carbocycles. The van der Waals surface area contributed by atoms with Crippen molar-refractivity contribution in [3.63, 3.8) is 0 Å². The molecule has 0 aromatic carbocycles. The van der Waals surface area contributed by atoms with Crippen molar-refractivity contribution in [3.8, 4) is 0 Å². The lowest BCUT2D eigenvalue weighted by atomic mass is 10.2. The van der Waals surface area contributed by atoms with Crippen LogP contribution < -0.4 is 10.5 Å². The summed E-state index contributed by atoms with van der Waals surface area (Å²) in [5, 5.41) is 5.32. The predicted molar refractivity (Wildman–Crippen MR) is 75.9 cm³/mol. The van der Waals surface area contributed by atoms with E-state index >= 15 is 0 Å². The zero-order valence-corrected chi connectivity index (χ0v) is 11.7. The van der Waals surface area contributed by atoms with Gasteiger partial charge >= 0.3 is 0 Å². The molecule has 0 amide bonds. The minimum atomic E-state index is -0.108. The molecule has 96 valence electrons. The van der Waals surface area contributed by atoms with Gasteiger partial charge in [0.1, 0.15) is 0 Å². The molecule has 2 aromatic rings. The third-order valence-electron chi connectivity index (χ3n) is 3.14. The molecule has 0 bridgehead atoms. The Morgan fingerprint density at radius 3 is 3.28 bits per heavy atom. The molecule has 3 rings (SSSR count). The first-order chi connectivity index (χ1) is 8.79. The Morgan fingerprint density at radius 1 is 1.61 bits per heavy atom. The van der Waals surface area contributed by atoms with E-state index in [9.17, 15) is 4.79 Å². The van der Waals surface area contributed by atoms with Crippen LogP contribution >= 0.6 is 23.1 Å². The monoisotopic (exact) mass is 282 g/mol. The van der Waals surface area contributed by atoms with Crippen molar-refractivity contribution in [3.05, 3.63) is 22.6 Å². The number of thioether (sulfide) groups is 1. The van der Waals surface area contributed by atoms with E-state index < -0.39 is 0 Å². The van der Waals surface area contributed by atoms with Gasteiger partial charge in [-0.1, -0.05) is 11.3 Å². The lowest BCUT2D eigenvalue weighted by Gasteiger charge is -2.22. The highest BCUT2D eigenvalue weighted by atomic mass is 32.2. The normalized spacial score (nSPS) is 19.8. The molecular weight excluding hydrogens is 268 g/mol. The van der Waals surface area contributed by atoms with Gasteiger partial charge in [0.05, 0.1) is 0 Å². The predicted octanol–water partition coefficient (Wildman–Crippen LogP) is 1.48. The summed E-state index contributed by atoms with van der Waals surface area (Å²) >= 11 is 3.35. The van der Waals surface area contributed by atoms with Gasteiger partial charge in [0.25, 0.3) is 5.56 Å². The van der Waals surface area contributed by atoms with Crippen LogP contribution in [-0.4, -0.2) is 39.2 Å². The summed E-state index contributed by atoms with van der Waals surface area (Å²) < 4.78 is 1.40. The van der Waals surface area contributed by atoms with Crippen LogP contribution in [-0.2, 0) is 0 Å². The van der Waals surface area contributed by atoms with Crippen molar-refractivity contribution in [1.82, 2.24) is 14.6 Å². The largest absolute Gasteiger partial charge is 0.343 e. The van der Waals surface area contributed by atoms with E-state index in [2.05, 4.69) is 21.2 Å². The molecule has 3 heterocycles. The molecule has 1 saturated heterocycles. The van der Waals surface area contributed by atoms with Gasteiger partial charge in [-0.25, -0.2) is 4.98 Å². The maximum Gasteiger partial charge on any atom is 0.275 e. The third-order valence-corrected chi connectivity index (χ3v) is 4.82. The van der Waals surface area contributed by atoms with Crippen molar-refractivity contribution in [2.75, 3.05) is 23.5 Å². The second-order valence-corrected chi connectivity index (χ2v) is 6.15. The van der Waals surface area contributed by atoms with Gasteiger partial charge in [0, 0.05) is 30.6 Å². The van der Waals surface area contributed by atoms with Crippen LogP contribution in [0.4, 0.5) is 5.13 Å². The highest BCUT2D eigenvalue weighted by molar-refractivity contribution is 7.98. The van der Waals surface area contributed by atoms with Crippen molar-refractivity contribution in [1.29, 1.82) is 0 Å². The molecule has 0 N–H and O–H groups in total. The van der Waals surface area contributed by atoms with Crippen molar-refractivity contribution in [2.45, 2.75) is 18.9 Å². The number of nitrogens with zero attached hydrogens (tertiary/aromatic N) is 4. The second kappa shape index (κ2) is 4.89. The molecule has 1 unspecified atom stereocenters. The van der Waals surface area contributed by atoms with Crippen molar-refractivity contribution in [2.24, 2.45) is 0 Å². The first-order valence-electron chi connectivity index (χ1n) is 5.90. The first-order valence-corrected chi connectivity index (χ1v) is 8.11. The van der Waals surface area contributed by atoms with Gasteiger partial charge in [-0.05, 0) is 19.1 Å². The summed E-state index contributed by atoms with van der Waals surface area (Å²) in [5.74, 6) is 1.11. The van der Waals surface area contributed by atoms with E-state index in [4.69, 9.17) is 0 Å². The molecule has 0 spiro atoms. The molecule has 1 fully saturated rings. The van der Waals surface area contributed by atoms with E-state index in [0.29, 0.717) is 11.0 Å². The molecule has 0 radical (unpaired) electrons. The van der Waals surface area contributed by atoms with Gasteiger partial charge in [-0.2, -0.15) is 16.3 Å². The Labute approximate surface area is 113 Å². The van der Waals surface area contributed by atoms with E-state index in [1.807, 2.05) is 11.8 Å². The minimum Gasteiger partial charge on any atom is -0.343 e. The van der Waals surface area contributed by atoms with Crippen molar-refractivity contribution >= 4 is 33.2 Å². The molecule has 0 aliphatic carbocycles. The molecular formula is C11H14N4OS2. The summed E-state index contributed by atoms with van der Waals surface area (Å²) in [5.41, 5.74) is -0.108. The van der Waals surface area contributed by atoms with E-state index in [1.54, 1.807) is 6.20 Å². The van der Waals surface area contributed by atoms with Gasteiger partial charge in [0.15, 0.2) is 0 Å². The van der Waals surface area contributed by atoms with Gasteiger partial charge in [-0.15, -0.1) is 5.10 Å². The third kappa shape index (κ3) is 2.01.